The Morgan fingerprint density at radius 3 is 2.95 bits per heavy atom. The van der Waals surface area contributed by atoms with Crippen molar-refractivity contribution in [1.82, 2.24) is 14.7 Å². The van der Waals surface area contributed by atoms with Crippen LogP contribution in [0.1, 0.15) is 36.2 Å². The van der Waals surface area contributed by atoms with Gasteiger partial charge in [-0.1, -0.05) is 17.3 Å². The van der Waals surface area contributed by atoms with Crippen LogP contribution in [0.4, 0.5) is 0 Å². The molecule has 1 aliphatic rings. The Balaban J connectivity index is 1.79. The zero-order valence-corrected chi connectivity index (χ0v) is 11.7. The highest BCUT2D eigenvalue weighted by atomic mass is 16.5. The lowest BCUT2D eigenvalue weighted by Crippen LogP contribution is -2.13. The van der Waals surface area contributed by atoms with Gasteiger partial charge in [0.25, 0.3) is 0 Å². The van der Waals surface area contributed by atoms with E-state index in [4.69, 9.17) is 4.52 Å². The molecule has 3 aromatic rings. The molecule has 1 saturated carbocycles. The van der Waals surface area contributed by atoms with Gasteiger partial charge >= 0.3 is 0 Å². The van der Waals surface area contributed by atoms with Gasteiger partial charge in [-0.15, -0.1) is 0 Å². The van der Waals surface area contributed by atoms with Crippen molar-refractivity contribution in [3.8, 4) is 0 Å². The second-order valence-corrected chi connectivity index (χ2v) is 5.58. The van der Waals surface area contributed by atoms with Crippen LogP contribution in [0.5, 0.6) is 0 Å². The molecule has 106 valence electrons. The number of aryl methyl sites for hydroxylation is 1. The van der Waals surface area contributed by atoms with E-state index in [2.05, 4.69) is 14.7 Å². The number of hydrogen-bond acceptors (Lipinski definition) is 4. The highest BCUT2D eigenvalue weighted by Gasteiger charge is 2.29. The molecule has 0 radical (unpaired) electrons. The second-order valence-electron chi connectivity index (χ2n) is 5.58. The molecule has 1 aliphatic carbocycles. The minimum atomic E-state index is 0.0473. The van der Waals surface area contributed by atoms with Gasteiger partial charge in [-0.2, -0.15) is 4.98 Å². The molecule has 4 rings (SSSR count). The van der Waals surface area contributed by atoms with E-state index in [9.17, 15) is 4.79 Å². The minimum absolute atomic E-state index is 0.0473. The number of aromatic nitrogens is 3. The summed E-state index contributed by atoms with van der Waals surface area (Å²) in [5.41, 5.74) is 1.85. The Hall–Kier alpha value is -2.43. The largest absolute Gasteiger partial charge is 0.339 e. The second kappa shape index (κ2) is 4.55. The molecule has 0 saturated heterocycles. The van der Waals surface area contributed by atoms with Crippen LogP contribution in [0.15, 0.2) is 39.6 Å². The Bertz CT molecular complexity index is 875. The van der Waals surface area contributed by atoms with Gasteiger partial charge in [0.15, 0.2) is 11.3 Å². The van der Waals surface area contributed by atoms with Crippen LogP contribution in [-0.4, -0.2) is 14.7 Å². The summed E-state index contributed by atoms with van der Waals surface area (Å²) in [5.74, 6) is 1.86. The van der Waals surface area contributed by atoms with Crippen LogP contribution >= 0.6 is 0 Å². The summed E-state index contributed by atoms with van der Waals surface area (Å²) in [5, 5.41) is 4.77. The number of fused-ring (bicyclic) bond motifs is 1. The summed E-state index contributed by atoms with van der Waals surface area (Å²) in [4.78, 5) is 16.5. The quantitative estimate of drug-likeness (QED) is 0.740. The van der Waals surface area contributed by atoms with E-state index in [1.807, 2.05) is 31.2 Å². The molecule has 0 atom stereocenters. The van der Waals surface area contributed by atoms with Crippen molar-refractivity contribution in [3.05, 3.63) is 58.0 Å². The van der Waals surface area contributed by atoms with E-state index in [0.29, 0.717) is 23.7 Å². The number of rotatable bonds is 3. The third-order valence-corrected chi connectivity index (χ3v) is 3.94. The summed E-state index contributed by atoms with van der Waals surface area (Å²) in [6.45, 7) is 2.44. The van der Waals surface area contributed by atoms with Crippen molar-refractivity contribution in [3.63, 3.8) is 0 Å². The molecule has 2 aromatic heterocycles. The van der Waals surface area contributed by atoms with Gasteiger partial charge in [0.1, 0.15) is 0 Å². The summed E-state index contributed by atoms with van der Waals surface area (Å²) in [7, 11) is 0. The standard InChI is InChI=1S/C16H15N3O2/c1-10-8-14(20)12-4-2-3-5-13(12)19(10)9-15-17-16(21-18-15)11-6-7-11/h2-5,8,11H,6-7,9H2,1H3. The van der Waals surface area contributed by atoms with Crippen molar-refractivity contribution < 1.29 is 4.52 Å². The van der Waals surface area contributed by atoms with E-state index in [1.54, 1.807) is 6.07 Å². The van der Waals surface area contributed by atoms with Gasteiger partial charge < -0.3 is 9.09 Å². The maximum absolute atomic E-state index is 12.0. The Morgan fingerprint density at radius 2 is 2.14 bits per heavy atom. The predicted octanol–water partition coefficient (Wildman–Crippen LogP) is 2.62. The number of benzene rings is 1. The zero-order chi connectivity index (χ0) is 14.4. The van der Waals surface area contributed by atoms with E-state index >= 15 is 0 Å². The van der Waals surface area contributed by atoms with E-state index in [-0.39, 0.29) is 5.43 Å². The maximum Gasteiger partial charge on any atom is 0.229 e. The number of pyridine rings is 1. The van der Waals surface area contributed by atoms with Gasteiger partial charge in [-0.05, 0) is 31.9 Å². The molecule has 21 heavy (non-hydrogen) atoms. The van der Waals surface area contributed by atoms with Gasteiger partial charge in [0, 0.05) is 23.1 Å². The van der Waals surface area contributed by atoms with Gasteiger partial charge in [0.2, 0.25) is 5.89 Å². The number of para-hydroxylation sites is 1. The molecule has 0 unspecified atom stereocenters. The van der Waals surface area contributed by atoms with Crippen molar-refractivity contribution in [1.29, 1.82) is 0 Å². The van der Waals surface area contributed by atoms with Crippen LogP contribution in [0.2, 0.25) is 0 Å². The summed E-state index contributed by atoms with van der Waals surface area (Å²) < 4.78 is 7.35. The Labute approximate surface area is 121 Å². The smallest absolute Gasteiger partial charge is 0.229 e. The average molecular weight is 281 g/mol. The summed E-state index contributed by atoms with van der Waals surface area (Å²) in [6.07, 6.45) is 2.28. The molecule has 5 nitrogen and oxygen atoms in total. The third-order valence-electron chi connectivity index (χ3n) is 3.94. The van der Waals surface area contributed by atoms with Crippen molar-refractivity contribution in [2.24, 2.45) is 0 Å². The van der Waals surface area contributed by atoms with Crippen molar-refractivity contribution >= 4 is 10.9 Å². The van der Waals surface area contributed by atoms with Crippen molar-refractivity contribution in [2.45, 2.75) is 32.2 Å². The molecule has 2 heterocycles. The summed E-state index contributed by atoms with van der Waals surface area (Å²) in [6, 6.07) is 9.27. The van der Waals surface area contributed by atoms with E-state index in [1.165, 1.54) is 0 Å². The molecule has 5 heteroatoms. The van der Waals surface area contributed by atoms with E-state index < -0.39 is 0 Å². The number of hydrogen-bond donors (Lipinski definition) is 0. The van der Waals surface area contributed by atoms with Crippen molar-refractivity contribution in [2.75, 3.05) is 0 Å². The topological polar surface area (TPSA) is 60.9 Å². The monoisotopic (exact) mass is 281 g/mol. The molecule has 1 aromatic carbocycles. The highest BCUT2D eigenvalue weighted by Crippen LogP contribution is 2.38. The van der Waals surface area contributed by atoms with Gasteiger partial charge in [-0.25, -0.2) is 0 Å². The maximum atomic E-state index is 12.0. The van der Waals surface area contributed by atoms with Crippen LogP contribution in [0.25, 0.3) is 10.9 Å². The lowest BCUT2D eigenvalue weighted by molar-refractivity contribution is 0.373. The van der Waals surface area contributed by atoms with Gasteiger partial charge in [-0.3, -0.25) is 4.79 Å². The lowest BCUT2D eigenvalue weighted by atomic mass is 10.2. The molecule has 0 bridgehead atoms. The lowest BCUT2D eigenvalue weighted by Gasteiger charge is -2.12. The van der Waals surface area contributed by atoms with Crippen LogP contribution < -0.4 is 5.43 Å². The molecule has 0 spiro atoms. The Kier molecular flexibility index (Phi) is 2.67. The molecule has 0 amide bonds. The predicted molar refractivity (Wildman–Crippen MR) is 78.3 cm³/mol. The minimum Gasteiger partial charge on any atom is -0.339 e. The normalized spacial score (nSPS) is 14.7. The first kappa shape index (κ1) is 12.3. The first-order valence-corrected chi connectivity index (χ1v) is 7.14. The van der Waals surface area contributed by atoms with Crippen LogP contribution in [0, 0.1) is 6.92 Å². The molecule has 0 N–H and O–H groups in total. The molecular weight excluding hydrogens is 266 g/mol. The fraction of sp³-hybridized carbons (Fsp3) is 0.312. The first-order valence-electron chi connectivity index (χ1n) is 7.14. The molecule has 1 fully saturated rings. The molecule has 0 aliphatic heterocycles. The molecular formula is C16H15N3O2. The first-order chi connectivity index (χ1) is 10.2. The van der Waals surface area contributed by atoms with Gasteiger partial charge in [0.05, 0.1) is 12.1 Å². The fourth-order valence-corrected chi connectivity index (χ4v) is 2.63. The zero-order valence-electron chi connectivity index (χ0n) is 11.7. The van der Waals surface area contributed by atoms with E-state index in [0.717, 1.165) is 29.9 Å². The number of nitrogens with zero attached hydrogens (tertiary/aromatic N) is 3. The van der Waals surface area contributed by atoms with Crippen LogP contribution in [-0.2, 0) is 6.54 Å². The third kappa shape index (κ3) is 2.14. The van der Waals surface area contributed by atoms with Crippen LogP contribution in [0.3, 0.4) is 0 Å². The average Bonchev–Trinajstić information content (AvgIpc) is 3.23. The fourth-order valence-electron chi connectivity index (χ4n) is 2.63. The highest BCUT2D eigenvalue weighted by molar-refractivity contribution is 5.79. The SMILES string of the molecule is Cc1cc(=O)c2ccccc2n1Cc1noc(C2CC2)n1. The summed E-state index contributed by atoms with van der Waals surface area (Å²) >= 11 is 0. The Morgan fingerprint density at radius 1 is 1.33 bits per heavy atom.